The molecule has 4 nitrogen and oxygen atoms in total. The van der Waals surface area contributed by atoms with Gasteiger partial charge in [-0.1, -0.05) is 24.6 Å². The van der Waals surface area contributed by atoms with Crippen LogP contribution in [-0.4, -0.2) is 32.9 Å². The van der Waals surface area contributed by atoms with Crippen molar-refractivity contribution >= 4 is 21.6 Å². The van der Waals surface area contributed by atoms with E-state index < -0.39 is 20.7 Å². The molecule has 1 aromatic carbocycles. The fourth-order valence-electron chi connectivity index (χ4n) is 1.97. The van der Waals surface area contributed by atoms with Crippen LogP contribution < -0.4 is 5.32 Å². The second-order valence-electron chi connectivity index (χ2n) is 4.56. The number of halogens is 2. The molecule has 0 saturated heterocycles. The van der Waals surface area contributed by atoms with Gasteiger partial charge in [0.25, 0.3) is 0 Å². The second kappa shape index (κ2) is 7.89. The van der Waals surface area contributed by atoms with Crippen molar-refractivity contribution in [2.75, 3.05) is 20.1 Å². The Morgan fingerprint density at radius 1 is 1.48 bits per heavy atom. The minimum atomic E-state index is -3.94. The number of benzene rings is 1. The third-order valence-electron chi connectivity index (χ3n) is 2.87. The van der Waals surface area contributed by atoms with E-state index in [1.165, 1.54) is 16.4 Å². The maximum atomic E-state index is 14.4. The molecule has 0 aromatic heterocycles. The summed E-state index contributed by atoms with van der Waals surface area (Å²) in [5.41, 5.74) is 0.221. The minimum absolute atomic E-state index is 0.128. The molecule has 0 bridgehead atoms. The van der Waals surface area contributed by atoms with Crippen LogP contribution in [0.5, 0.6) is 0 Å². The molecule has 0 heterocycles. The quantitative estimate of drug-likeness (QED) is 0.744. The highest BCUT2D eigenvalue weighted by Gasteiger charge is 2.28. The Balaban J connectivity index is 3.38. The normalized spacial score (nSPS) is 11.9. The molecule has 0 fully saturated rings. The van der Waals surface area contributed by atoms with Gasteiger partial charge in [0.05, 0.1) is 0 Å². The maximum Gasteiger partial charge on any atom is 0.246 e. The lowest BCUT2D eigenvalue weighted by atomic mass is 10.2. The topological polar surface area (TPSA) is 49.4 Å². The Morgan fingerprint density at radius 2 is 2.14 bits per heavy atom. The number of rotatable bonds is 8. The van der Waals surface area contributed by atoms with Crippen LogP contribution in [0.4, 0.5) is 4.39 Å². The molecular weight excluding hydrogens is 315 g/mol. The van der Waals surface area contributed by atoms with Crippen LogP contribution in [-0.2, 0) is 16.6 Å². The van der Waals surface area contributed by atoms with Crippen LogP contribution in [0.15, 0.2) is 29.7 Å². The molecule has 0 radical (unpaired) electrons. The molecule has 1 rings (SSSR count). The number of hydrogen-bond acceptors (Lipinski definition) is 3. The van der Waals surface area contributed by atoms with Crippen LogP contribution in [0.3, 0.4) is 0 Å². The van der Waals surface area contributed by atoms with E-state index in [0.29, 0.717) is 13.0 Å². The fraction of sp³-hybridized carbons (Fsp3) is 0.429. The lowest BCUT2D eigenvalue weighted by Crippen LogP contribution is -2.32. The molecule has 0 aliphatic heterocycles. The van der Waals surface area contributed by atoms with Crippen molar-refractivity contribution in [3.8, 4) is 0 Å². The molecule has 1 aromatic rings. The maximum absolute atomic E-state index is 14.4. The first-order valence-electron chi connectivity index (χ1n) is 6.62. The summed E-state index contributed by atoms with van der Waals surface area (Å²) in [6.07, 6.45) is 2.10. The van der Waals surface area contributed by atoms with Crippen LogP contribution in [0, 0.1) is 5.82 Å². The Bertz CT molecular complexity index is 605. The van der Waals surface area contributed by atoms with Crippen LogP contribution in [0.25, 0.3) is 0 Å². The first kappa shape index (κ1) is 18.1. The highest BCUT2D eigenvalue weighted by Crippen LogP contribution is 2.26. The van der Waals surface area contributed by atoms with E-state index in [0.717, 1.165) is 6.07 Å². The smallest absolute Gasteiger partial charge is 0.246 e. The van der Waals surface area contributed by atoms with Gasteiger partial charge in [-0.05, 0) is 25.6 Å². The Kier molecular flexibility index (Phi) is 6.80. The standard InChI is InChI=1S/C14H20ClFN2O2S/c1-4-6-18(7-5-2)21(19,20)13-9-12(15)8-11(10-17-3)14(13)16/h4,8-9,17H,1,5-7,10H2,2-3H3. The van der Waals surface area contributed by atoms with Crippen molar-refractivity contribution in [1.29, 1.82) is 0 Å². The predicted octanol–water partition coefficient (Wildman–Crippen LogP) is 2.79. The van der Waals surface area contributed by atoms with Crippen molar-refractivity contribution in [3.63, 3.8) is 0 Å². The average Bonchev–Trinajstić information content (AvgIpc) is 2.42. The molecule has 21 heavy (non-hydrogen) atoms. The highest BCUT2D eigenvalue weighted by atomic mass is 35.5. The molecule has 0 atom stereocenters. The summed E-state index contributed by atoms with van der Waals surface area (Å²) in [5.74, 6) is -0.765. The summed E-state index contributed by atoms with van der Waals surface area (Å²) in [5, 5.41) is 2.98. The lowest BCUT2D eigenvalue weighted by molar-refractivity contribution is 0.435. The van der Waals surface area contributed by atoms with E-state index in [4.69, 9.17) is 11.6 Å². The van der Waals surface area contributed by atoms with Gasteiger partial charge in [0.2, 0.25) is 10.0 Å². The Hall–Kier alpha value is -0.950. The predicted molar refractivity (Wildman–Crippen MR) is 83.4 cm³/mol. The summed E-state index contributed by atoms with van der Waals surface area (Å²) in [6, 6.07) is 2.57. The van der Waals surface area contributed by atoms with Gasteiger partial charge >= 0.3 is 0 Å². The zero-order valence-corrected chi connectivity index (χ0v) is 13.8. The molecule has 0 unspecified atom stereocenters. The van der Waals surface area contributed by atoms with E-state index in [9.17, 15) is 12.8 Å². The number of nitrogens with one attached hydrogen (secondary N) is 1. The van der Waals surface area contributed by atoms with E-state index in [1.54, 1.807) is 7.05 Å². The van der Waals surface area contributed by atoms with E-state index in [-0.39, 0.29) is 23.7 Å². The third-order valence-corrected chi connectivity index (χ3v) is 4.95. The van der Waals surface area contributed by atoms with Gasteiger partial charge in [-0.25, -0.2) is 12.8 Å². The molecule has 0 amide bonds. The van der Waals surface area contributed by atoms with Crippen molar-refractivity contribution in [3.05, 3.63) is 41.2 Å². The third kappa shape index (κ3) is 4.26. The van der Waals surface area contributed by atoms with Gasteiger partial charge < -0.3 is 5.32 Å². The summed E-state index contributed by atoms with van der Waals surface area (Å²) in [6.45, 7) is 6.01. The van der Waals surface area contributed by atoms with Gasteiger partial charge in [0, 0.05) is 30.2 Å². The SMILES string of the molecule is C=CCN(CCC)S(=O)(=O)c1cc(Cl)cc(CNC)c1F. The second-order valence-corrected chi connectivity index (χ2v) is 6.90. The lowest BCUT2D eigenvalue weighted by Gasteiger charge is -2.21. The molecule has 0 aliphatic carbocycles. The van der Waals surface area contributed by atoms with E-state index in [2.05, 4.69) is 11.9 Å². The van der Waals surface area contributed by atoms with Gasteiger partial charge in [0.15, 0.2) is 0 Å². The van der Waals surface area contributed by atoms with Crippen LogP contribution >= 0.6 is 11.6 Å². The monoisotopic (exact) mass is 334 g/mol. The van der Waals surface area contributed by atoms with Crippen molar-refractivity contribution in [2.24, 2.45) is 0 Å². The summed E-state index contributed by atoms with van der Waals surface area (Å²) in [7, 11) is -2.30. The Morgan fingerprint density at radius 3 is 2.67 bits per heavy atom. The first-order chi connectivity index (χ1) is 9.88. The zero-order chi connectivity index (χ0) is 16.0. The highest BCUT2D eigenvalue weighted by molar-refractivity contribution is 7.89. The Labute approximate surface area is 130 Å². The molecule has 7 heteroatoms. The van der Waals surface area contributed by atoms with Gasteiger partial charge in [0.1, 0.15) is 10.7 Å². The fourth-order valence-corrected chi connectivity index (χ4v) is 3.91. The average molecular weight is 335 g/mol. The van der Waals surface area contributed by atoms with Gasteiger partial charge in [-0.2, -0.15) is 4.31 Å². The summed E-state index contributed by atoms with van der Waals surface area (Å²) in [4.78, 5) is -0.393. The van der Waals surface area contributed by atoms with E-state index >= 15 is 0 Å². The van der Waals surface area contributed by atoms with Gasteiger partial charge in [-0.15, -0.1) is 6.58 Å². The molecule has 0 spiro atoms. The minimum Gasteiger partial charge on any atom is -0.316 e. The molecule has 1 N–H and O–H groups in total. The van der Waals surface area contributed by atoms with Crippen LogP contribution in [0.2, 0.25) is 5.02 Å². The van der Waals surface area contributed by atoms with Crippen molar-refractivity contribution in [1.82, 2.24) is 9.62 Å². The van der Waals surface area contributed by atoms with Crippen molar-refractivity contribution < 1.29 is 12.8 Å². The molecule has 118 valence electrons. The number of nitrogens with zero attached hydrogens (tertiary/aromatic N) is 1. The summed E-state index contributed by atoms with van der Waals surface area (Å²) < 4.78 is 40.8. The van der Waals surface area contributed by atoms with Gasteiger partial charge in [-0.3, -0.25) is 0 Å². The first-order valence-corrected chi connectivity index (χ1v) is 8.43. The van der Waals surface area contributed by atoms with E-state index in [1.807, 2.05) is 6.92 Å². The van der Waals surface area contributed by atoms with Crippen LogP contribution in [0.1, 0.15) is 18.9 Å². The molecular formula is C14H20ClFN2O2S. The van der Waals surface area contributed by atoms with Crippen molar-refractivity contribution in [2.45, 2.75) is 24.8 Å². The molecule has 0 aliphatic rings. The zero-order valence-electron chi connectivity index (χ0n) is 12.2. The summed E-state index contributed by atoms with van der Waals surface area (Å²) >= 11 is 5.93. The largest absolute Gasteiger partial charge is 0.316 e. The molecule has 0 saturated carbocycles. The number of sulfonamides is 1. The number of hydrogen-bond donors (Lipinski definition) is 1.